The second kappa shape index (κ2) is 7.00. The van der Waals surface area contributed by atoms with Crippen molar-refractivity contribution in [2.24, 2.45) is 5.73 Å². The Bertz CT molecular complexity index is 515. The monoisotopic (exact) mass is 286 g/mol. The lowest BCUT2D eigenvalue weighted by Crippen LogP contribution is -2.32. The second-order valence-electron chi connectivity index (χ2n) is 4.38. The Kier molecular flexibility index (Phi) is 5.93. The molecular formula is C13H22N2O3S. The zero-order chi connectivity index (χ0) is 14.5. The highest BCUT2D eigenvalue weighted by Crippen LogP contribution is 2.21. The zero-order valence-electron chi connectivity index (χ0n) is 11.5. The van der Waals surface area contributed by atoms with Crippen molar-refractivity contribution in [3.63, 3.8) is 0 Å². The van der Waals surface area contributed by atoms with Gasteiger partial charge in [-0.2, -0.15) is 4.31 Å². The summed E-state index contributed by atoms with van der Waals surface area (Å²) in [6.07, 6.45) is 0.433. The summed E-state index contributed by atoms with van der Waals surface area (Å²) in [4.78, 5) is 0.301. The van der Waals surface area contributed by atoms with E-state index in [0.29, 0.717) is 36.5 Å². The van der Waals surface area contributed by atoms with Crippen LogP contribution >= 0.6 is 0 Å². The Hall–Kier alpha value is -0.950. The lowest BCUT2D eigenvalue weighted by Gasteiger charge is -2.21. The molecular weight excluding hydrogens is 264 g/mol. The molecule has 0 aliphatic rings. The molecule has 0 saturated heterocycles. The number of aliphatic hydroxyl groups is 1. The van der Waals surface area contributed by atoms with Gasteiger partial charge >= 0.3 is 0 Å². The van der Waals surface area contributed by atoms with Gasteiger partial charge in [0.2, 0.25) is 10.0 Å². The molecule has 1 aromatic carbocycles. The summed E-state index contributed by atoms with van der Waals surface area (Å²) in [7, 11) is -3.52. The highest BCUT2D eigenvalue weighted by molar-refractivity contribution is 7.89. The molecule has 1 aromatic rings. The number of rotatable bonds is 7. The molecule has 0 amide bonds. The Labute approximate surface area is 115 Å². The topological polar surface area (TPSA) is 83.6 Å². The summed E-state index contributed by atoms with van der Waals surface area (Å²) < 4.78 is 26.5. The van der Waals surface area contributed by atoms with E-state index in [2.05, 4.69) is 0 Å². The van der Waals surface area contributed by atoms with Crippen molar-refractivity contribution in [3.05, 3.63) is 29.3 Å². The Morgan fingerprint density at radius 2 is 2.05 bits per heavy atom. The highest BCUT2D eigenvalue weighted by Gasteiger charge is 2.24. The minimum absolute atomic E-state index is 0.0200. The molecule has 0 radical (unpaired) electrons. The SMILES string of the molecule is CCN(CCCO)S(=O)(=O)c1cc(CN)ccc1C. The molecule has 0 aliphatic heterocycles. The predicted molar refractivity (Wildman–Crippen MR) is 75.2 cm³/mol. The molecule has 0 heterocycles. The Balaban J connectivity index is 3.17. The average molecular weight is 286 g/mol. The van der Waals surface area contributed by atoms with Crippen LogP contribution in [0.2, 0.25) is 0 Å². The van der Waals surface area contributed by atoms with Gasteiger partial charge in [0.25, 0.3) is 0 Å². The van der Waals surface area contributed by atoms with Gasteiger partial charge in [-0.15, -0.1) is 0 Å². The molecule has 19 heavy (non-hydrogen) atoms. The van der Waals surface area contributed by atoms with Crippen molar-refractivity contribution < 1.29 is 13.5 Å². The van der Waals surface area contributed by atoms with Crippen LogP contribution in [0.25, 0.3) is 0 Å². The third-order valence-corrected chi connectivity index (χ3v) is 5.14. The molecule has 0 spiro atoms. The van der Waals surface area contributed by atoms with Crippen molar-refractivity contribution >= 4 is 10.0 Å². The van der Waals surface area contributed by atoms with Crippen molar-refractivity contribution in [1.82, 2.24) is 4.31 Å². The van der Waals surface area contributed by atoms with Crippen molar-refractivity contribution in [3.8, 4) is 0 Å². The molecule has 1 rings (SSSR count). The van der Waals surface area contributed by atoms with Gasteiger partial charge in [-0.1, -0.05) is 19.1 Å². The molecule has 3 N–H and O–H groups in total. The van der Waals surface area contributed by atoms with Crippen LogP contribution < -0.4 is 5.73 Å². The van der Waals surface area contributed by atoms with Crippen LogP contribution in [0.4, 0.5) is 0 Å². The van der Waals surface area contributed by atoms with Gasteiger partial charge in [0.05, 0.1) is 4.90 Å². The lowest BCUT2D eigenvalue weighted by atomic mass is 10.1. The third-order valence-electron chi connectivity index (χ3n) is 3.02. The van der Waals surface area contributed by atoms with Crippen LogP contribution in [-0.2, 0) is 16.6 Å². The smallest absolute Gasteiger partial charge is 0.243 e. The number of benzene rings is 1. The minimum Gasteiger partial charge on any atom is -0.396 e. The standard InChI is InChI=1S/C13H22N2O3S/c1-3-15(7-4-8-16)19(17,18)13-9-12(10-14)6-5-11(13)2/h5-6,9,16H,3-4,7-8,10,14H2,1-2H3. The number of nitrogens with two attached hydrogens (primary N) is 1. The highest BCUT2D eigenvalue weighted by atomic mass is 32.2. The van der Waals surface area contributed by atoms with E-state index in [0.717, 1.165) is 5.56 Å². The van der Waals surface area contributed by atoms with E-state index in [9.17, 15) is 8.42 Å². The summed E-state index contributed by atoms with van der Waals surface area (Å²) in [6.45, 7) is 4.56. The van der Waals surface area contributed by atoms with Gasteiger partial charge in [0.1, 0.15) is 0 Å². The number of nitrogens with zero attached hydrogens (tertiary/aromatic N) is 1. The minimum atomic E-state index is -3.52. The van der Waals surface area contributed by atoms with Crippen LogP contribution in [0.5, 0.6) is 0 Å². The third kappa shape index (κ3) is 3.76. The maximum atomic E-state index is 12.6. The van der Waals surface area contributed by atoms with Gasteiger partial charge in [-0.3, -0.25) is 0 Å². The molecule has 108 valence electrons. The van der Waals surface area contributed by atoms with Gasteiger partial charge in [-0.05, 0) is 30.5 Å². The van der Waals surface area contributed by atoms with E-state index in [1.807, 2.05) is 6.07 Å². The molecule has 0 fully saturated rings. The van der Waals surface area contributed by atoms with E-state index in [-0.39, 0.29) is 6.61 Å². The largest absolute Gasteiger partial charge is 0.396 e. The number of aliphatic hydroxyl groups excluding tert-OH is 1. The second-order valence-corrected chi connectivity index (χ2v) is 6.28. The first-order chi connectivity index (χ1) is 8.97. The van der Waals surface area contributed by atoms with Gasteiger partial charge in [0, 0.05) is 26.2 Å². The molecule has 5 nitrogen and oxygen atoms in total. The maximum absolute atomic E-state index is 12.6. The van der Waals surface area contributed by atoms with E-state index in [1.54, 1.807) is 26.0 Å². The van der Waals surface area contributed by atoms with E-state index < -0.39 is 10.0 Å². The first-order valence-electron chi connectivity index (χ1n) is 6.38. The van der Waals surface area contributed by atoms with Crippen LogP contribution in [-0.4, -0.2) is 37.5 Å². The summed E-state index contributed by atoms with van der Waals surface area (Å²) >= 11 is 0. The molecule has 0 aliphatic carbocycles. The summed E-state index contributed by atoms with van der Waals surface area (Å²) in [5.41, 5.74) is 7.06. The van der Waals surface area contributed by atoms with Crippen LogP contribution in [0, 0.1) is 6.92 Å². The average Bonchev–Trinajstić information content (AvgIpc) is 2.39. The Morgan fingerprint density at radius 3 is 2.58 bits per heavy atom. The zero-order valence-corrected chi connectivity index (χ0v) is 12.3. The number of hydrogen-bond acceptors (Lipinski definition) is 4. The number of aryl methyl sites for hydroxylation is 1. The summed E-state index contributed by atoms with van der Waals surface area (Å²) in [5.74, 6) is 0. The fourth-order valence-corrected chi connectivity index (χ4v) is 3.65. The normalized spacial score (nSPS) is 12.1. The predicted octanol–water partition coefficient (Wildman–Crippen LogP) is 0.847. The first kappa shape index (κ1) is 16.1. The van der Waals surface area contributed by atoms with E-state index in [1.165, 1.54) is 4.31 Å². The van der Waals surface area contributed by atoms with Crippen LogP contribution in [0.15, 0.2) is 23.1 Å². The summed E-state index contributed by atoms with van der Waals surface area (Å²) in [6, 6.07) is 5.24. The summed E-state index contributed by atoms with van der Waals surface area (Å²) in [5, 5.41) is 8.85. The Morgan fingerprint density at radius 1 is 1.37 bits per heavy atom. The van der Waals surface area contributed by atoms with Gasteiger partial charge in [-0.25, -0.2) is 8.42 Å². The van der Waals surface area contributed by atoms with Crippen molar-refractivity contribution in [2.45, 2.75) is 31.7 Å². The number of sulfonamides is 1. The molecule has 6 heteroatoms. The van der Waals surface area contributed by atoms with Crippen LogP contribution in [0.1, 0.15) is 24.5 Å². The molecule has 0 aromatic heterocycles. The van der Waals surface area contributed by atoms with Crippen molar-refractivity contribution in [2.75, 3.05) is 19.7 Å². The van der Waals surface area contributed by atoms with Gasteiger partial charge in [0.15, 0.2) is 0 Å². The molecule has 0 bridgehead atoms. The quantitative estimate of drug-likeness (QED) is 0.778. The van der Waals surface area contributed by atoms with Crippen molar-refractivity contribution in [1.29, 1.82) is 0 Å². The van der Waals surface area contributed by atoms with Gasteiger partial charge < -0.3 is 10.8 Å². The molecule has 0 unspecified atom stereocenters. The first-order valence-corrected chi connectivity index (χ1v) is 7.82. The lowest BCUT2D eigenvalue weighted by molar-refractivity contribution is 0.271. The number of hydrogen-bond donors (Lipinski definition) is 2. The molecule has 0 atom stereocenters. The van der Waals surface area contributed by atoms with E-state index in [4.69, 9.17) is 10.8 Å². The fraction of sp³-hybridized carbons (Fsp3) is 0.538. The molecule has 0 saturated carbocycles. The van der Waals surface area contributed by atoms with Crippen LogP contribution in [0.3, 0.4) is 0 Å². The fourth-order valence-electron chi connectivity index (χ4n) is 1.88. The maximum Gasteiger partial charge on any atom is 0.243 e. The van der Waals surface area contributed by atoms with E-state index >= 15 is 0 Å².